The molecule has 2 N–H and O–H groups in total. The summed E-state index contributed by atoms with van der Waals surface area (Å²) >= 11 is 7.51. The van der Waals surface area contributed by atoms with Crippen LogP contribution in [0.5, 0.6) is 5.75 Å². The Hall–Kier alpha value is -0.680. The molecule has 0 radical (unpaired) electrons. The molecule has 0 spiro atoms. The maximum Gasteiger partial charge on any atom is 0.271 e. The summed E-state index contributed by atoms with van der Waals surface area (Å²) in [7, 11) is 0. The van der Waals surface area contributed by atoms with Crippen molar-refractivity contribution in [1.82, 2.24) is 5.43 Å². The zero-order valence-electron chi connectivity index (χ0n) is 10.5. The van der Waals surface area contributed by atoms with Crippen molar-refractivity contribution < 1.29 is 9.90 Å². The first-order valence-electron chi connectivity index (χ1n) is 5.74. The number of hydrogen-bond acceptors (Lipinski definition) is 3. The molecule has 0 saturated heterocycles. The molecule has 0 fully saturated rings. The molecule has 2 aromatic carbocycles. The number of aromatic hydroxyl groups is 1. The topological polar surface area (TPSA) is 61.7 Å². The molecule has 108 valence electrons. The molecule has 2 aromatic rings. The van der Waals surface area contributed by atoms with Gasteiger partial charge in [0.1, 0.15) is 5.75 Å². The number of rotatable bonds is 3. The predicted molar refractivity (Wildman–Crippen MR) is 103 cm³/mol. The number of hydrogen-bond donors (Lipinski definition) is 2. The van der Waals surface area contributed by atoms with Crippen molar-refractivity contribution in [2.75, 3.05) is 0 Å². The molecule has 7 heteroatoms. The van der Waals surface area contributed by atoms with Crippen molar-refractivity contribution in [1.29, 1.82) is 0 Å². The van der Waals surface area contributed by atoms with Crippen molar-refractivity contribution in [3.8, 4) is 5.75 Å². The summed E-state index contributed by atoms with van der Waals surface area (Å²) in [4.78, 5) is 11.9. The Bertz CT molecular complexity index is 720. The number of benzene rings is 2. The molecule has 21 heavy (non-hydrogen) atoms. The van der Waals surface area contributed by atoms with Gasteiger partial charge in [-0.1, -0.05) is 22.0 Å². The van der Waals surface area contributed by atoms with Crippen LogP contribution in [0, 0.1) is 7.14 Å². The van der Waals surface area contributed by atoms with Gasteiger partial charge in [0.05, 0.1) is 9.78 Å². The fourth-order valence-electron chi connectivity index (χ4n) is 1.54. The van der Waals surface area contributed by atoms with Crippen LogP contribution in [0.2, 0.25) is 0 Å². The lowest BCUT2D eigenvalue weighted by Gasteiger charge is -2.03. The average Bonchev–Trinajstić information content (AvgIpc) is 2.43. The van der Waals surface area contributed by atoms with Gasteiger partial charge in [0, 0.05) is 19.2 Å². The molecule has 0 aliphatic carbocycles. The summed E-state index contributed by atoms with van der Waals surface area (Å²) in [6.45, 7) is 0. The van der Waals surface area contributed by atoms with E-state index in [4.69, 9.17) is 0 Å². The number of hydrazone groups is 1. The van der Waals surface area contributed by atoms with E-state index in [0.29, 0.717) is 14.7 Å². The van der Waals surface area contributed by atoms with Gasteiger partial charge in [-0.25, -0.2) is 5.43 Å². The lowest BCUT2D eigenvalue weighted by molar-refractivity contribution is 0.0955. The highest BCUT2D eigenvalue weighted by Gasteiger charge is 2.06. The largest absolute Gasteiger partial charge is 0.506 e. The van der Waals surface area contributed by atoms with Crippen LogP contribution in [0.3, 0.4) is 0 Å². The van der Waals surface area contributed by atoms with Crippen molar-refractivity contribution in [2.45, 2.75) is 0 Å². The standard InChI is InChI=1S/C14H9BrI2N2O2/c15-10-4-9(13(20)12(17)6-10)7-18-19-14(21)8-2-1-3-11(16)5-8/h1-7,20H,(H,19,21). The van der Waals surface area contributed by atoms with E-state index < -0.39 is 0 Å². The first kappa shape index (κ1) is 16.7. The van der Waals surface area contributed by atoms with Crippen LogP contribution < -0.4 is 5.43 Å². The summed E-state index contributed by atoms with van der Waals surface area (Å²) in [5.74, 6) is -0.167. The normalized spacial score (nSPS) is 10.8. The van der Waals surface area contributed by atoms with E-state index in [1.807, 2.05) is 34.7 Å². The average molecular weight is 571 g/mol. The summed E-state index contributed by atoms with van der Waals surface area (Å²) in [5.41, 5.74) is 3.50. The van der Waals surface area contributed by atoms with E-state index in [0.717, 1.165) is 8.04 Å². The second-order valence-corrected chi connectivity index (χ2v) is 7.36. The van der Waals surface area contributed by atoms with Crippen molar-refractivity contribution in [2.24, 2.45) is 5.10 Å². The van der Waals surface area contributed by atoms with Crippen LogP contribution in [0.25, 0.3) is 0 Å². The van der Waals surface area contributed by atoms with Gasteiger partial charge in [-0.05, 0) is 75.5 Å². The Kier molecular flexibility index (Phi) is 5.99. The monoisotopic (exact) mass is 570 g/mol. The first-order valence-corrected chi connectivity index (χ1v) is 8.69. The maximum atomic E-state index is 11.9. The lowest BCUT2D eigenvalue weighted by atomic mass is 10.2. The smallest absolute Gasteiger partial charge is 0.271 e. The third-order valence-corrected chi connectivity index (χ3v) is 4.47. The molecule has 0 unspecified atom stereocenters. The summed E-state index contributed by atoms with van der Waals surface area (Å²) in [6.07, 6.45) is 1.41. The van der Waals surface area contributed by atoms with E-state index in [1.165, 1.54) is 6.21 Å². The molecular weight excluding hydrogens is 562 g/mol. The van der Waals surface area contributed by atoms with E-state index in [2.05, 4.69) is 49.0 Å². The Morgan fingerprint density at radius 1 is 1.29 bits per heavy atom. The molecule has 0 aromatic heterocycles. The molecule has 0 bridgehead atoms. The fourth-order valence-corrected chi connectivity index (χ4v) is 3.63. The predicted octanol–water partition coefficient (Wildman–Crippen LogP) is 4.13. The number of halogens is 3. The molecule has 0 aliphatic heterocycles. The molecular formula is C14H9BrI2N2O2. The van der Waals surface area contributed by atoms with Gasteiger partial charge in [-0.15, -0.1) is 0 Å². The zero-order chi connectivity index (χ0) is 15.4. The summed E-state index contributed by atoms with van der Waals surface area (Å²) in [6, 6.07) is 10.7. The maximum absolute atomic E-state index is 11.9. The number of nitrogens with zero attached hydrogens (tertiary/aromatic N) is 1. The fraction of sp³-hybridized carbons (Fsp3) is 0. The molecule has 2 rings (SSSR count). The van der Waals surface area contributed by atoms with Gasteiger partial charge >= 0.3 is 0 Å². The number of nitrogens with one attached hydrogen (secondary N) is 1. The highest BCUT2D eigenvalue weighted by atomic mass is 127. The van der Waals surface area contributed by atoms with E-state index in [9.17, 15) is 9.90 Å². The van der Waals surface area contributed by atoms with Crippen LogP contribution in [-0.2, 0) is 0 Å². The Morgan fingerprint density at radius 3 is 2.76 bits per heavy atom. The van der Waals surface area contributed by atoms with Crippen LogP contribution in [0.4, 0.5) is 0 Å². The minimum absolute atomic E-state index is 0.131. The minimum atomic E-state index is -0.297. The zero-order valence-corrected chi connectivity index (χ0v) is 16.4. The summed E-state index contributed by atoms with van der Waals surface area (Å²) in [5, 5.41) is 13.8. The van der Waals surface area contributed by atoms with E-state index >= 15 is 0 Å². The molecule has 1 amide bonds. The third kappa shape index (κ3) is 4.65. The van der Waals surface area contributed by atoms with E-state index in [-0.39, 0.29) is 11.7 Å². The number of carbonyl (C=O) groups excluding carboxylic acids is 1. The van der Waals surface area contributed by atoms with Gasteiger partial charge in [0.25, 0.3) is 5.91 Å². The van der Waals surface area contributed by atoms with Crippen molar-refractivity contribution in [3.63, 3.8) is 0 Å². The molecule has 4 nitrogen and oxygen atoms in total. The number of carbonyl (C=O) groups is 1. The molecule has 0 aliphatic rings. The van der Waals surface area contributed by atoms with Crippen LogP contribution >= 0.6 is 61.1 Å². The Labute approximate surface area is 157 Å². The number of amides is 1. The van der Waals surface area contributed by atoms with Gasteiger partial charge < -0.3 is 5.11 Å². The first-order chi connectivity index (χ1) is 9.97. The summed E-state index contributed by atoms with van der Waals surface area (Å²) < 4.78 is 2.51. The number of phenolic OH excluding ortho intramolecular Hbond substituents is 1. The van der Waals surface area contributed by atoms with Gasteiger partial charge in [-0.2, -0.15) is 5.10 Å². The number of phenols is 1. The molecule has 0 atom stereocenters. The second-order valence-electron chi connectivity index (χ2n) is 4.03. The van der Waals surface area contributed by atoms with E-state index in [1.54, 1.807) is 24.3 Å². The highest BCUT2D eigenvalue weighted by molar-refractivity contribution is 14.1. The highest BCUT2D eigenvalue weighted by Crippen LogP contribution is 2.27. The SMILES string of the molecule is O=C(NN=Cc1cc(Br)cc(I)c1O)c1cccc(I)c1. The molecule has 0 heterocycles. The van der Waals surface area contributed by atoms with Gasteiger partial charge in [0.2, 0.25) is 0 Å². The van der Waals surface area contributed by atoms with Crippen LogP contribution in [0.15, 0.2) is 46.0 Å². The third-order valence-electron chi connectivity index (χ3n) is 2.51. The van der Waals surface area contributed by atoms with Crippen LogP contribution in [-0.4, -0.2) is 17.2 Å². The van der Waals surface area contributed by atoms with Gasteiger partial charge in [0.15, 0.2) is 0 Å². The lowest BCUT2D eigenvalue weighted by Crippen LogP contribution is -2.17. The van der Waals surface area contributed by atoms with Crippen molar-refractivity contribution in [3.05, 3.63) is 59.1 Å². The van der Waals surface area contributed by atoms with Crippen LogP contribution in [0.1, 0.15) is 15.9 Å². The van der Waals surface area contributed by atoms with Gasteiger partial charge in [-0.3, -0.25) is 4.79 Å². The second kappa shape index (κ2) is 7.54. The Balaban J connectivity index is 2.11. The van der Waals surface area contributed by atoms with Crippen molar-refractivity contribution >= 4 is 73.2 Å². The minimum Gasteiger partial charge on any atom is -0.506 e. The quantitative estimate of drug-likeness (QED) is 0.331. The molecule has 0 saturated carbocycles. The Morgan fingerprint density at radius 2 is 2.05 bits per heavy atom.